The zero-order chi connectivity index (χ0) is 20.2. The number of aromatic hydroxyl groups is 1. The highest BCUT2D eigenvalue weighted by atomic mass is 16.3. The van der Waals surface area contributed by atoms with Gasteiger partial charge in [-0.2, -0.15) is 4.98 Å². The van der Waals surface area contributed by atoms with E-state index in [0.29, 0.717) is 17.4 Å². The number of hydrogen-bond acceptors (Lipinski definition) is 3. The molecule has 0 spiro atoms. The van der Waals surface area contributed by atoms with Crippen molar-refractivity contribution in [2.75, 3.05) is 5.32 Å². The first-order valence-electron chi connectivity index (χ1n) is 9.42. The molecule has 0 aliphatic rings. The summed E-state index contributed by atoms with van der Waals surface area (Å²) in [5.74, 6) is 0.972. The van der Waals surface area contributed by atoms with Crippen LogP contribution in [0.1, 0.15) is 16.8 Å². The molecule has 0 aliphatic carbocycles. The quantitative estimate of drug-likeness (QED) is 0.318. The number of aromatic nitrogens is 2. The van der Waals surface area contributed by atoms with Crippen LogP contribution >= 0.6 is 0 Å². The Hall–Kier alpha value is -3.86. The summed E-state index contributed by atoms with van der Waals surface area (Å²) >= 11 is 0. The normalized spacial score (nSPS) is 11.4. The molecule has 0 amide bonds. The lowest BCUT2D eigenvalue weighted by atomic mass is 10.2. The monoisotopic (exact) mass is 382 g/mol. The third-order valence-corrected chi connectivity index (χ3v) is 4.56. The van der Waals surface area contributed by atoms with E-state index in [1.807, 2.05) is 92.7 Å². The molecule has 4 rings (SSSR count). The van der Waals surface area contributed by atoms with Crippen LogP contribution in [0.5, 0.6) is 5.88 Å². The highest BCUT2D eigenvalue weighted by Crippen LogP contribution is 2.25. The molecule has 0 aliphatic heterocycles. The van der Waals surface area contributed by atoms with Gasteiger partial charge >= 0.3 is 0 Å². The maximum Gasteiger partial charge on any atom is 0.241 e. The molecule has 29 heavy (non-hydrogen) atoms. The lowest BCUT2D eigenvalue weighted by Crippen LogP contribution is -2.14. The fourth-order valence-electron chi connectivity index (χ4n) is 2.93. The van der Waals surface area contributed by atoms with Crippen molar-refractivity contribution >= 4 is 17.2 Å². The highest BCUT2D eigenvalue weighted by Gasteiger charge is 2.17. The summed E-state index contributed by atoms with van der Waals surface area (Å²) in [5, 5.41) is 13.9. The lowest BCUT2D eigenvalue weighted by Gasteiger charge is -2.10. The number of aliphatic imine (C=N–C) groups is 1. The van der Waals surface area contributed by atoms with Gasteiger partial charge in [-0.3, -0.25) is 0 Å². The Morgan fingerprint density at radius 2 is 1.48 bits per heavy atom. The number of nitrogens with one attached hydrogen (secondary N) is 2. The predicted molar refractivity (Wildman–Crippen MR) is 118 cm³/mol. The molecule has 0 fully saturated rings. The van der Waals surface area contributed by atoms with Gasteiger partial charge in [0.25, 0.3) is 0 Å². The van der Waals surface area contributed by atoms with Crippen LogP contribution in [0.3, 0.4) is 0 Å². The van der Waals surface area contributed by atoms with Crippen LogP contribution in [0.15, 0.2) is 83.9 Å². The fraction of sp³-hybridized carbons (Fsp3) is 0.0833. The first-order chi connectivity index (χ1) is 14.1. The summed E-state index contributed by atoms with van der Waals surface area (Å²) in [6.07, 6.45) is 0. The SMILES string of the molecule is Cc1ccc(N=C(Nc2ccc(C)cc2)c2[nH]c(-c3ccccc3)nc2O)cc1. The number of benzene rings is 3. The van der Waals surface area contributed by atoms with Crippen LogP contribution in [0.25, 0.3) is 11.4 Å². The van der Waals surface area contributed by atoms with Crippen LogP contribution in [-0.2, 0) is 0 Å². The molecule has 0 unspecified atom stereocenters. The second-order valence-electron chi connectivity index (χ2n) is 6.94. The number of aryl methyl sites for hydroxylation is 2. The van der Waals surface area contributed by atoms with Gasteiger partial charge in [-0.15, -0.1) is 0 Å². The molecule has 0 saturated carbocycles. The predicted octanol–water partition coefficient (Wildman–Crippen LogP) is 5.59. The Balaban J connectivity index is 1.76. The summed E-state index contributed by atoms with van der Waals surface area (Å²) < 4.78 is 0. The van der Waals surface area contributed by atoms with E-state index in [1.54, 1.807) is 0 Å². The Kier molecular flexibility index (Phi) is 5.12. The van der Waals surface area contributed by atoms with Gasteiger partial charge in [0.2, 0.25) is 5.88 Å². The minimum atomic E-state index is -0.102. The molecule has 3 N–H and O–H groups in total. The summed E-state index contributed by atoms with van der Waals surface area (Å²) in [7, 11) is 0. The van der Waals surface area contributed by atoms with Crippen molar-refractivity contribution < 1.29 is 5.11 Å². The molecule has 1 heterocycles. The minimum absolute atomic E-state index is 0.102. The molecule has 5 nitrogen and oxygen atoms in total. The van der Waals surface area contributed by atoms with Crippen LogP contribution < -0.4 is 5.32 Å². The van der Waals surface area contributed by atoms with E-state index in [-0.39, 0.29) is 5.88 Å². The van der Waals surface area contributed by atoms with Crippen molar-refractivity contribution in [3.8, 4) is 17.3 Å². The largest absolute Gasteiger partial charge is 0.492 e. The van der Waals surface area contributed by atoms with Crippen molar-refractivity contribution in [3.05, 3.63) is 95.7 Å². The minimum Gasteiger partial charge on any atom is -0.492 e. The number of nitrogens with zero attached hydrogens (tertiary/aromatic N) is 2. The third-order valence-electron chi connectivity index (χ3n) is 4.56. The van der Waals surface area contributed by atoms with Crippen molar-refractivity contribution in [3.63, 3.8) is 0 Å². The first kappa shape index (κ1) is 18.5. The van der Waals surface area contributed by atoms with E-state index in [0.717, 1.165) is 22.5 Å². The molecular formula is C24H22N4O. The molecule has 4 aromatic rings. The lowest BCUT2D eigenvalue weighted by molar-refractivity contribution is 0.455. The number of H-pyrrole nitrogens is 1. The van der Waals surface area contributed by atoms with Crippen molar-refractivity contribution in [1.82, 2.24) is 9.97 Å². The molecule has 3 aromatic carbocycles. The van der Waals surface area contributed by atoms with Crippen molar-refractivity contribution in [2.45, 2.75) is 13.8 Å². The van der Waals surface area contributed by atoms with Gasteiger partial charge < -0.3 is 15.4 Å². The zero-order valence-corrected chi connectivity index (χ0v) is 16.3. The topological polar surface area (TPSA) is 73.3 Å². The Morgan fingerprint density at radius 1 is 0.862 bits per heavy atom. The number of imidazole rings is 1. The summed E-state index contributed by atoms with van der Waals surface area (Å²) in [6.45, 7) is 4.07. The van der Waals surface area contributed by atoms with E-state index in [4.69, 9.17) is 4.99 Å². The third kappa shape index (κ3) is 4.35. The Bertz CT molecular complexity index is 1130. The van der Waals surface area contributed by atoms with Gasteiger partial charge in [-0.05, 0) is 38.1 Å². The molecule has 0 bridgehead atoms. The van der Waals surface area contributed by atoms with Gasteiger partial charge in [0, 0.05) is 11.3 Å². The van der Waals surface area contributed by atoms with Crippen molar-refractivity contribution in [1.29, 1.82) is 0 Å². The van der Waals surface area contributed by atoms with Gasteiger partial charge in [-0.1, -0.05) is 65.7 Å². The molecule has 144 valence electrons. The molecule has 0 saturated heterocycles. The second-order valence-corrected chi connectivity index (χ2v) is 6.94. The maximum absolute atomic E-state index is 10.5. The van der Waals surface area contributed by atoms with E-state index < -0.39 is 0 Å². The van der Waals surface area contributed by atoms with Crippen LogP contribution in [0, 0.1) is 13.8 Å². The number of hydrogen-bond donors (Lipinski definition) is 3. The first-order valence-corrected chi connectivity index (χ1v) is 9.42. The Labute approximate surface area is 169 Å². The van der Waals surface area contributed by atoms with Gasteiger partial charge in [0.15, 0.2) is 5.84 Å². The number of amidine groups is 1. The second kappa shape index (κ2) is 8.02. The molecule has 0 atom stereocenters. The molecular weight excluding hydrogens is 360 g/mol. The summed E-state index contributed by atoms with van der Waals surface area (Å²) in [6, 6.07) is 25.6. The molecule has 5 heteroatoms. The molecule has 0 radical (unpaired) electrons. The zero-order valence-electron chi connectivity index (χ0n) is 16.3. The van der Waals surface area contributed by atoms with Crippen molar-refractivity contribution in [2.24, 2.45) is 4.99 Å². The number of aromatic amines is 1. The van der Waals surface area contributed by atoms with Crippen LogP contribution in [0.2, 0.25) is 0 Å². The fourth-order valence-corrected chi connectivity index (χ4v) is 2.93. The van der Waals surface area contributed by atoms with E-state index in [9.17, 15) is 5.11 Å². The average Bonchev–Trinajstić information content (AvgIpc) is 3.13. The standard InChI is InChI=1S/C24H22N4O/c1-16-8-12-19(13-9-16)25-23(26-20-14-10-17(2)11-15-20)21-24(29)28-22(27-21)18-6-4-3-5-7-18/h3-15,29H,1-2H3,(H,25,26)(H,27,28). The van der Waals surface area contributed by atoms with Crippen LogP contribution in [0.4, 0.5) is 11.4 Å². The Morgan fingerprint density at radius 3 is 2.14 bits per heavy atom. The van der Waals surface area contributed by atoms with Gasteiger partial charge in [0.05, 0.1) is 5.69 Å². The highest BCUT2D eigenvalue weighted by molar-refractivity contribution is 6.09. The average molecular weight is 382 g/mol. The van der Waals surface area contributed by atoms with Gasteiger partial charge in [0.1, 0.15) is 11.5 Å². The summed E-state index contributed by atoms with van der Waals surface area (Å²) in [5.41, 5.74) is 5.30. The van der Waals surface area contributed by atoms with E-state index in [1.165, 1.54) is 5.56 Å². The maximum atomic E-state index is 10.5. The van der Waals surface area contributed by atoms with Gasteiger partial charge in [-0.25, -0.2) is 4.99 Å². The van der Waals surface area contributed by atoms with E-state index >= 15 is 0 Å². The smallest absolute Gasteiger partial charge is 0.241 e. The van der Waals surface area contributed by atoms with Crippen LogP contribution in [-0.4, -0.2) is 20.9 Å². The number of rotatable bonds is 4. The van der Waals surface area contributed by atoms with E-state index in [2.05, 4.69) is 15.3 Å². The number of anilines is 1. The summed E-state index contributed by atoms with van der Waals surface area (Å²) in [4.78, 5) is 12.2. The molecule has 1 aromatic heterocycles.